The third kappa shape index (κ3) is 41.8. The van der Waals surface area contributed by atoms with Gasteiger partial charge in [-0.25, -0.2) is 6.66 Å². The number of aliphatic hydroxyl groups excluding tert-OH is 10. The van der Waals surface area contributed by atoms with Crippen LogP contribution in [0.15, 0.2) is 0 Å². The first-order valence-corrected chi connectivity index (χ1v) is 44.5. The summed E-state index contributed by atoms with van der Waals surface area (Å²) in [7, 11) is -2.27. The molecule has 0 spiro atoms. The Morgan fingerprint density at radius 3 is 1.14 bits per heavy atom. The fraction of sp³-hybridized carbons (Fsp3) is 0.890. The number of aliphatic hydroxyl groups is 10. The lowest BCUT2D eigenvalue weighted by Crippen LogP contribution is -2.55. The van der Waals surface area contributed by atoms with Crippen molar-refractivity contribution in [3.8, 4) is 0 Å². The van der Waals surface area contributed by atoms with Gasteiger partial charge in [-0.15, -0.1) is 0 Å². The molecule has 0 aromatic carbocycles. The summed E-state index contributed by atoms with van der Waals surface area (Å²) in [6.45, 7) is 8.38. The molecule has 674 valence electrons. The lowest BCUT2D eigenvalue weighted by atomic mass is 9.83. The molecule has 17 unspecified atom stereocenters. The van der Waals surface area contributed by atoms with Crippen LogP contribution in [0.4, 0.5) is 0 Å². The van der Waals surface area contributed by atoms with Gasteiger partial charge in [-0.2, -0.15) is 0 Å². The van der Waals surface area contributed by atoms with Crippen molar-refractivity contribution in [2.24, 2.45) is 23.2 Å². The molecule has 4 heterocycles. The summed E-state index contributed by atoms with van der Waals surface area (Å²) in [5.74, 6) is -2.12. The zero-order valence-corrected chi connectivity index (χ0v) is 70.5. The zero-order valence-electron chi connectivity index (χ0n) is 69.6. The van der Waals surface area contributed by atoms with Crippen molar-refractivity contribution in [2.75, 3.05) is 113 Å². The second kappa shape index (κ2) is 59.8. The second-order valence-electron chi connectivity index (χ2n) is 32.1. The largest absolute Gasteiger partial charge is 0.394 e. The summed E-state index contributed by atoms with van der Waals surface area (Å²) < 4.78 is 75.1. The van der Waals surface area contributed by atoms with Crippen molar-refractivity contribution < 1.29 is 146 Å². The lowest BCUT2D eigenvalue weighted by molar-refractivity contribution is -0.282. The summed E-state index contributed by atoms with van der Waals surface area (Å²) in [6.07, 6.45) is 4.10. The van der Waals surface area contributed by atoms with Gasteiger partial charge in [0, 0.05) is 153 Å². The highest BCUT2D eigenvalue weighted by atomic mass is 31.2. The van der Waals surface area contributed by atoms with Gasteiger partial charge in [0.15, 0.2) is 26.5 Å². The Kier molecular flexibility index (Phi) is 53.9. The van der Waals surface area contributed by atoms with Crippen molar-refractivity contribution in [3.05, 3.63) is 6.66 Å². The van der Waals surface area contributed by atoms with Gasteiger partial charge < -0.3 is 118 Å². The van der Waals surface area contributed by atoms with E-state index >= 15 is 0 Å². The highest BCUT2D eigenvalue weighted by Crippen LogP contribution is 2.46. The standard InChI is InChI=1S/C82H145N3O30P/c1-57-73(98)76(101)67(50-86)113-79(57)109-41-23-20-31-61(89)27-15-12-17-29-63(91)36-44-106-54-82(48-65(93)33-14-10-8-6-7-9-11-19-35-72(97)85-49-66(94)47-60(85)53-112-116(5,104)105-4,55-107-45-37-64(92)30-18-13-16-28-62(90)32-21-24-42-110-80-58(2)74(99)77(102)68(51-87)114-80)56-108-46-38-71(96)84-40-26-39-83-70(95)34-22-25-43-111-81-59(3)75(100)78(103)69(52-88)115-81/h57-60,66-69,73-81,86-88,94,98-103H,5-56H2,1-4H3,(H,83,95)(H,84,96)/q-1/t57?,58?,59?,60?,66-,67?,68?,69?,73?,74?,75?,76?,77?,78?,79?,80?,81?,82?,116?/m1/s1. The number of hydrogen-bond acceptors (Lipinski definition) is 30. The molecule has 0 bridgehead atoms. The number of ketones is 5. The molecular weight excluding hydrogens is 1540 g/mol. The number of amides is 3. The van der Waals surface area contributed by atoms with Crippen LogP contribution in [0, 0.1) is 29.8 Å². The molecule has 12 N–H and O–H groups in total. The number of β-amino-alcohol motifs (C(OH)–C–C–N with tert-alkyl or cyclic N) is 1. The minimum Gasteiger partial charge on any atom is -0.394 e. The van der Waals surface area contributed by atoms with Crippen LogP contribution in [0.1, 0.15) is 245 Å². The van der Waals surface area contributed by atoms with Crippen LogP contribution < -0.4 is 10.6 Å². The molecule has 116 heavy (non-hydrogen) atoms. The number of unbranched alkanes of at least 4 members (excludes halogenated alkanes) is 14. The third-order valence-corrected chi connectivity index (χ3v) is 23.2. The first-order valence-electron chi connectivity index (χ1n) is 42.8. The maximum Gasteiger partial charge on any atom is 0.222 e. The van der Waals surface area contributed by atoms with Gasteiger partial charge in [0.25, 0.3) is 0 Å². The summed E-state index contributed by atoms with van der Waals surface area (Å²) in [4.78, 5) is 107. The molecule has 0 aromatic rings. The highest BCUT2D eigenvalue weighted by Gasteiger charge is 2.45. The molecule has 4 saturated heterocycles. The molecule has 0 aromatic heterocycles. The van der Waals surface area contributed by atoms with Crippen molar-refractivity contribution in [1.29, 1.82) is 0 Å². The molecule has 3 amide bonds. The van der Waals surface area contributed by atoms with Crippen LogP contribution in [-0.4, -0.2) is 301 Å². The van der Waals surface area contributed by atoms with Crippen molar-refractivity contribution in [2.45, 2.75) is 331 Å². The quantitative estimate of drug-likeness (QED) is 0.0210. The van der Waals surface area contributed by atoms with Crippen LogP contribution in [0.25, 0.3) is 0 Å². The summed E-state index contributed by atoms with van der Waals surface area (Å²) in [6, 6.07) is -0.427. The lowest BCUT2D eigenvalue weighted by Gasteiger charge is -2.40. The normalized spacial score (nSPS) is 26.6. The summed E-state index contributed by atoms with van der Waals surface area (Å²) in [5, 5.41) is 106. The Bertz CT molecular complexity index is 2600. The van der Waals surface area contributed by atoms with Gasteiger partial charge >= 0.3 is 0 Å². The molecule has 4 aliphatic rings. The highest BCUT2D eigenvalue weighted by molar-refractivity contribution is 7.55. The van der Waals surface area contributed by atoms with E-state index in [2.05, 4.69) is 17.3 Å². The average Bonchev–Trinajstić information content (AvgIpc) is 0.970. The van der Waals surface area contributed by atoms with Crippen LogP contribution in [0.2, 0.25) is 0 Å². The van der Waals surface area contributed by atoms with E-state index in [1.54, 1.807) is 25.7 Å². The van der Waals surface area contributed by atoms with E-state index in [0.29, 0.717) is 141 Å². The first kappa shape index (κ1) is 104. The molecule has 4 fully saturated rings. The number of Topliss-reactive ketones (excluding diaryl/α,β-unsaturated/α-hetero) is 5. The maximum atomic E-state index is 14.2. The van der Waals surface area contributed by atoms with E-state index in [0.717, 1.165) is 38.5 Å². The van der Waals surface area contributed by atoms with E-state index in [-0.39, 0.29) is 177 Å². The van der Waals surface area contributed by atoms with Crippen LogP contribution in [-0.2, 0) is 94.6 Å². The Morgan fingerprint density at radius 1 is 0.422 bits per heavy atom. The predicted molar refractivity (Wildman–Crippen MR) is 424 cm³/mol. The number of carbonyl (C=O) groups excluding carboxylic acids is 8. The van der Waals surface area contributed by atoms with Crippen molar-refractivity contribution in [1.82, 2.24) is 15.5 Å². The van der Waals surface area contributed by atoms with Gasteiger partial charge in [-0.1, -0.05) is 72.1 Å². The molecule has 0 saturated carbocycles. The molecular formula is C82H145N3O30P-. The second-order valence-corrected chi connectivity index (χ2v) is 34.0. The molecule has 0 radical (unpaired) electrons. The number of rotatable bonds is 69. The Labute approximate surface area is 686 Å². The third-order valence-electron chi connectivity index (χ3n) is 22.1. The molecule has 4 rings (SSSR count). The number of ether oxygens (including phenoxy) is 9. The van der Waals surface area contributed by atoms with Gasteiger partial charge in [0.1, 0.15) is 65.5 Å². The Hall–Kier alpha value is -3.85. The monoisotopic (exact) mass is 1680 g/mol. The Morgan fingerprint density at radius 2 is 0.750 bits per heavy atom. The fourth-order valence-electron chi connectivity index (χ4n) is 14.5. The molecule has 18 atom stereocenters. The fourth-order valence-corrected chi connectivity index (χ4v) is 15.0. The van der Waals surface area contributed by atoms with E-state index in [1.807, 2.05) is 0 Å². The molecule has 33 nitrogen and oxygen atoms in total. The van der Waals surface area contributed by atoms with Gasteiger partial charge in [0.05, 0.1) is 96.5 Å². The van der Waals surface area contributed by atoms with Crippen LogP contribution in [0.3, 0.4) is 0 Å². The summed E-state index contributed by atoms with van der Waals surface area (Å²) >= 11 is 0. The van der Waals surface area contributed by atoms with E-state index < -0.39 is 137 Å². The van der Waals surface area contributed by atoms with E-state index in [9.17, 15) is 94.0 Å². The summed E-state index contributed by atoms with van der Waals surface area (Å²) in [5.41, 5.74) is -1.10. The number of likely N-dealkylation sites (tertiary alicyclic amines) is 1. The molecule has 4 aliphatic heterocycles. The van der Waals surface area contributed by atoms with Crippen LogP contribution in [0.5, 0.6) is 0 Å². The zero-order chi connectivity index (χ0) is 85.3. The number of hydrogen-bond donors (Lipinski definition) is 12. The Balaban J connectivity index is 1.28. The van der Waals surface area contributed by atoms with E-state index in [4.69, 9.17) is 51.7 Å². The molecule has 0 aliphatic carbocycles. The predicted octanol–water partition coefficient (Wildman–Crippen LogP) is 5.25. The van der Waals surface area contributed by atoms with E-state index in [1.165, 1.54) is 7.11 Å². The molecule has 34 heteroatoms. The number of carbonyl (C=O) groups is 8. The maximum absolute atomic E-state index is 14.2. The first-order chi connectivity index (χ1) is 55.6. The van der Waals surface area contributed by atoms with Crippen molar-refractivity contribution >= 4 is 54.2 Å². The van der Waals surface area contributed by atoms with Gasteiger partial charge in [-0.3, -0.25) is 42.9 Å². The van der Waals surface area contributed by atoms with Crippen LogP contribution >= 0.6 is 7.60 Å². The topological polar surface area (TPSA) is 485 Å². The number of nitrogens with one attached hydrogen (secondary N) is 2. The minimum absolute atomic E-state index is 0.0284. The average molecular weight is 1680 g/mol. The smallest absolute Gasteiger partial charge is 0.222 e. The number of nitrogens with zero attached hydrogens (tertiary/aromatic N) is 1. The van der Waals surface area contributed by atoms with Crippen molar-refractivity contribution in [3.63, 3.8) is 0 Å². The van der Waals surface area contributed by atoms with Gasteiger partial charge in [-0.05, 0) is 89.9 Å². The SMILES string of the molecule is [CH2-]P(=O)(OC)OCC1C[C@@H](O)CN1C(=O)CCCCCCCCCCC(=O)CC(COCCC(=O)CCCCCC(=O)CCCCOC1OC(CO)C(O)C(O)C1C)(COCCC(=O)CCCCCC(=O)CCCCOC1OC(CO)C(O)C(O)C1C)COCCC(=O)NCCCNC(=O)CCCCOC1OC(CO)C(O)C(O)C1C. The van der Waals surface area contributed by atoms with Gasteiger partial charge in [0.2, 0.25) is 17.7 Å². The minimum atomic E-state index is -3.50.